The van der Waals surface area contributed by atoms with E-state index in [9.17, 15) is 4.79 Å². The highest BCUT2D eigenvalue weighted by atomic mass is 35.5. The normalized spacial score (nSPS) is 18.8. The smallest absolute Gasteiger partial charge is 0.412 e. The fraction of sp³-hybridized carbons (Fsp3) is 0.440. The lowest BCUT2D eigenvalue weighted by Gasteiger charge is -2.36. The molecular formula is C25H29ClN2O3S. The molecule has 2 aromatic carbocycles. The van der Waals surface area contributed by atoms with Gasteiger partial charge in [0.1, 0.15) is 11.3 Å². The Bertz CT molecular complexity index is 998. The van der Waals surface area contributed by atoms with Crippen LogP contribution < -0.4 is 0 Å². The van der Waals surface area contributed by atoms with Crippen molar-refractivity contribution >= 4 is 29.5 Å². The average Bonchev–Trinajstić information content (AvgIpc) is 3.02. The molecule has 2 atom stereocenters. The van der Waals surface area contributed by atoms with Crippen molar-refractivity contribution in [3.05, 3.63) is 64.7 Å². The molecule has 32 heavy (non-hydrogen) atoms. The summed E-state index contributed by atoms with van der Waals surface area (Å²) in [6, 6.07) is 17.4. The van der Waals surface area contributed by atoms with Crippen LogP contribution in [0.2, 0.25) is 5.02 Å². The summed E-state index contributed by atoms with van der Waals surface area (Å²) in [6.07, 6.45) is 0.284. The van der Waals surface area contributed by atoms with Crippen LogP contribution in [0, 0.1) is 11.3 Å². The van der Waals surface area contributed by atoms with E-state index in [-0.39, 0.29) is 17.4 Å². The quantitative estimate of drug-likeness (QED) is 0.447. The van der Waals surface area contributed by atoms with Crippen molar-refractivity contribution in [3.8, 4) is 6.07 Å². The predicted molar refractivity (Wildman–Crippen MR) is 128 cm³/mol. The van der Waals surface area contributed by atoms with Gasteiger partial charge in [0, 0.05) is 10.1 Å². The molecule has 170 valence electrons. The molecule has 0 unspecified atom stereocenters. The predicted octanol–water partition coefficient (Wildman–Crippen LogP) is 6.81. The van der Waals surface area contributed by atoms with E-state index >= 15 is 0 Å². The third-order valence-corrected chi connectivity index (χ3v) is 6.94. The van der Waals surface area contributed by atoms with Crippen molar-refractivity contribution in [2.45, 2.75) is 68.6 Å². The maximum absolute atomic E-state index is 13.1. The van der Waals surface area contributed by atoms with E-state index in [0.717, 1.165) is 10.5 Å². The number of nitrogens with zero attached hydrogens (tertiary/aromatic N) is 2. The van der Waals surface area contributed by atoms with Crippen molar-refractivity contribution in [1.82, 2.24) is 4.90 Å². The van der Waals surface area contributed by atoms with Crippen LogP contribution in [-0.4, -0.2) is 35.0 Å². The molecule has 5 nitrogen and oxygen atoms in total. The van der Waals surface area contributed by atoms with Crippen molar-refractivity contribution in [2.24, 2.45) is 0 Å². The Kier molecular flexibility index (Phi) is 7.44. The standard InChI is InChI=1S/C25H29ClN2O3S/c1-24(2,3)31-23(29)28-19(16-30-25(28,4)5)14-22(18-9-7-6-8-10-18)32-21-12-11-17(15-27)13-20(21)26/h6-13,19,22H,14,16H2,1-5H3/t19-,22+/m0/s1. The molecule has 0 aromatic heterocycles. The second-order valence-electron chi connectivity index (χ2n) is 9.27. The van der Waals surface area contributed by atoms with Crippen molar-refractivity contribution in [3.63, 3.8) is 0 Å². The van der Waals surface area contributed by atoms with Gasteiger partial charge in [-0.2, -0.15) is 5.26 Å². The summed E-state index contributed by atoms with van der Waals surface area (Å²) in [5.74, 6) is 0. The SMILES string of the molecule is CC(C)(C)OC(=O)N1[C@@H](C[C@@H](Sc2ccc(C#N)cc2Cl)c2ccccc2)COC1(C)C. The van der Waals surface area contributed by atoms with Crippen molar-refractivity contribution in [1.29, 1.82) is 5.26 Å². The van der Waals surface area contributed by atoms with Crippen LogP contribution in [0.5, 0.6) is 0 Å². The highest BCUT2D eigenvalue weighted by Gasteiger charge is 2.46. The van der Waals surface area contributed by atoms with Crippen LogP contribution in [-0.2, 0) is 9.47 Å². The Morgan fingerprint density at radius 3 is 2.59 bits per heavy atom. The first-order valence-electron chi connectivity index (χ1n) is 10.6. The summed E-state index contributed by atoms with van der Waals surface area (Å²) >= 11 is 8.10. The lowest BCUT2D eigenvalue weighted by molar-refractivity contribution is -0.0626. The molecule has 0 aliphatic carbocycles. The number of amides is 1. The van der Waals surface area contributed by atoms with Gasteiger partial charge in [0.25, 0.3) is 0 Å². The van der Waals surface area contributed by atoms with Crippen LogP contribution in [0.25, 0.3) is 0 Å². The van der Waals surface area contributed by atoms with E-state index in [4.69, 9.17) is 26.3 Å². The second-order valence-corrected chi connectivity index (χ2v) is 10.9. The van der Waals surface area contributed by atoms with Crippen LogP contribution in [0.4, 0.5) is 4.79 Å². The average molecular weight is 473 g/mol. The number of halogens is 1. The van der Waals surface area contributed by atoms with Crippen LogP contribution >= 0.6 is 23.4 Å². The summed E-state index contributed by atoms with van der Waals surface area (Å²) in [4.78, 5) is 15.7. The molecule has 1 saturated heterocycles. The lowest BCUT2D eigenvalue weighted by Crippen LogP contribution is -2.50. The second kappa shape index (κ2) is 9.74. The zero-order valence-corrected chi connectivity index (χ0v) is 20.7. The number of thioether (sulfide) groups is 1. The number of rotatable bonds is 5. The van der Waals surface area contributed by atoms with Gasteiger partial charge in [-0.05, 0) is 64.8 Å². The molecule has 1 aliphatic rings. The molecule has 0 radical (unpaired) electrons. The topological polar surface area (TPSA) is 62.6 Å². The number of hydrogen-bond acceptors (Lipinski definition) is 5. The molecule has 1 fully saturated rings. The minimum atomic E-state index is -0.759. The number of ether oxygens (including phenoxy) is 2. The largest absolute Gasteiger partial charge is 0.444 e. The third-order valence-electron chi connectivity index (χ3n) is 5.15. The van der Waals surface area contributed by atoms with E-state index < -0.39 is 11.3 Å². The van der Waals surface area contributed by atoms with Gasteiger partial charge < -0.3 is 9.47 Å². The Labute approximate surface area is 199 Å². The molecule has 0 saturated carbocycles. The monoisotopic (exact) mass is 472 g/mol. The highest BCUT2D eigenvalue weighted by Crippen LogP contribution is 2.44. The highest BCUT2D eigenvalue weighted by molar-refractivity contribution is 7.99. The fourth-order valence-electron chi connectivity index (χ4n) is 3.72. The Morgan fingerprint density at radius 1 is 1.31 bits per heavy atom. The van der Waals surface area contributed by atoms with E-state index in [1.165, 1.54) is 0 Å². The van der Waals surface area contributed by atoms with E-state index in [2.05, 4.69) is 18.2 Å². The number of hydrogen-bond donors (Lipinski definition) is 0. The minimum absolute atomic E-state index is 0.0223. The minimum Gasteiger partial charge on any atom is -0.444 e. The first-order valence-corrected chi connectivity index (χ1v) is 11.8. The molecule has 0 N–H and O–H groups in total. The molecular weight excluding hydrogens is 444 g/mol. The van der Waals surface area contributed by atoms with Crippen molar-refractivity contribution in [2.75, 3.05) is 6.61 Å². The van der Waals surface area contributed by atoms with Crippen LogP contribution in [0.3, 0.4) is 0 Å². The van der Waals surface area contributed by atoms with Gasteiger partial charge in [0.15, 0.2) is 0 Å². The number of nitriles is 1. The Balaban J connectivity index is 1.89. The summed E-state index contributed by atoms with van der Waals surface area (Å²) in [5, 5.41) is 9.70. The number of benzene rings is 2. The number of carbonyl (C=O) groups is 1. The molecule has 1 heterocycles. The maximum atomic E-state index is 13.1. The summed E-state index contributed by atoms with van der Waals surface area (Å²) in [7, 11) is 0. The molecule has 3 rings (SSSR count). The van der Waals surface area contributed by atoms with E-state index in [1.54, 1.807) is 28.8 Å². The van der Waals surface area contributed by atoms with Gasteiger partial charge >= 0.3 is 6.09 Å². The zero-order valence-electron chi connectivity index (χ0n) is 19.1. The van der Waals surface area contributed by atoms with Crippen LogP contribution in [0.1, 0.15) is 57.4 Å². The first-order chi connectivity index (χ1) is 15.0. The van der Waals surface area contributed by atoms with E-state index in [1.807, 2.05) is 58.9 Å². The molecule has 1 aliphatic heterocycles. The Morgan fingerprint density at radius 2 is 2.00 bits per heavy atom. The van der Waals surface area contributed by atoms with Gasteiger partial charge in [-0.25, -0.2) is 4.79 Å². The van der Waals surface area contributed by atoms with Crippen molar-refractivity contribution < 1.29 is 14.3 Å². The van der Waals surface area contributed by atoms with Gasteiger partial charge in [-0.3, -0.25) is 4.90 Å². The first kappa shape index (κ1) is 24.4. The summed E-state index contributed by atoms with van der Waals surface area (Å²) in [6.45, 7) is 9.79. The number of carbonyl (C=O) groups excluding carboxylic acids is 1. The van der Waals surface area contributed by atoms with Gasteiger partial charge in [-0.1, -0.05) is 41.9 Å². The molecule has 7 heteroatoms. The summed E-state index contributed by atoms with van der Waals surface area (Å²) in [5.41, 5.74) is 0.305. The zero-order chi connectivity index (χ0) is 23.5. The molecule has 2 aromatic rings. The van der Waals surface area contributed by atoms with Gasteiger partial charge in [0.05, 0.1) is 29.3 Å². The van der Waals surface area contributed by atoms with E-state index in [0.29, 0.717) is 23.6 Å². The van der Waals surface area contributed by atoms with Crippen LogP contribution in [0.15, 0.2) is 53.4 Å². The molecule has 1 amide bonds. The van der Waals surface area contributed by atoms with Gasteiger partial charge in [0.2, 0.25) is 0 Å². The van der Waals surface area contributed by atoms with Gasteiger partial charge in [-0.15, -0.1) is 11.8 Å². The lowest BCUT2D eigenvalue weighted by atomic mass is 10.0. The third kappa shape index (κ3) is 5.98. The maximum Gasteiger partial charge on any atom is 0.412 e. The Hall–Kier alpha value is -2.20. The molecule has 0 bridgehead atoms. The summed E-state index contributed by atoms with van der Waals surface area (Å²) < 4.78 is 11.7. The fourth-order valence-corrected chi connectivity index (χ4v) is 5.27. The molecule has 0 spiro atoms.